The summed E-state index contributed by atoms with van der Waals surface area (Å²) in [5.74, 6) is -0.192. The van der Waals surface area contributed by atoms with Gasteiger partial charge in [-0.2, -0.15) is 5.10 Å². The highest BCUT2D eigenvalue weighted by Crippen LogP contribution is 2.20. The molecule has 2 heterocycles. The van der Waals surface area contributed by atoms with Crippen molar-refractivity contribution >= 4 is 11.6 Å². The van der Waals surface area contributed by atoms with Gasteiger partial charge in [0, 0.05) is 13.1 Å². The number of amides is 1. The molecular formula is C12H20N4O3. The number of nitrogen functional groups attached to an aromatic ring is 1. The molecule has 0 saturated carbocycles. The second kappa shape index (κ2) is 5.58. The molecule has 1 aliphatic rings. The summed E-state index contributed by atoms with van der Waals surface area (Å²) in [5, 5.41) is 13.6. The maximum Gasteiger partial charge on any atom is 0.274 e. The van der Waals surface area contributed by atoms with Crippen LogP contribution in [0.25, 0.3) is 0 Å². The number of nitrogens with zero attached hydrogens (tertiary/aromatic N) is 3. The topological polar surface area (TPSA) is 93.6 Å². The van der Waals surface area contributed by atoms with Crippen molar-refractivity contribution in [2.24, 2.45) is 0 Å². The van der Waals surface area contributed by atoms with Crippen LogP contribution in [0.2, 0.25) is 0 Å². The molecular weight excluding hydrogens is 248 g/mol. The molecule has 0 radical (unpaired) electrons. The van der Waals surface area contributed by atoms with Gasteiger partial charge < -0.3 is 20.5 Å². The lowest BCUT2D eigenvalue weighted by molar-refractivity contribution is -0.0188. The van der Waals surface area contributed by atoms with Crippen LogP contribution in [-0.2, 0) is 11.3 Å². The number of aryl methyl sites for hydroxylation is 2. The largest absolute Gasteiger partial charge is 0.395 e. The van der Waals surface area contributed by atoms with Crippen LogP contribution in [-0.4, -0.2) is 58.1 Å². The Hall–Kier alpha value is -1.60. The van der Waals surface area contributed by atoms with E-state index in [4.69, 9.17) is 10.5 Å². The lowest BCUT2D eigenvalue weighted by Crippen LogP contribution is -2.51. The molecule has 1 saturated heterocycles. The maximum absolute atomic E-state index is 12.6. The number of aromatic nitrogens is 2. The van der Waals surface area contributed by atoms with Gasteiger partial charge >= 0.3 is 0 Å². The van der Waals surface area contributed by atoms with E-state index < -0.39 is 0 Å². The van der Waals surface area contributed by atoms with Crippen LogP contribution < -0.4 is 5.73 Å². The number of nitrogens with two attached hydrogens (primary N) is 1. The molecule has 7 nitrogen and oxygen atoms in total. The molecule has 1 unspecified atom stereocenters. The quantitative estimate of drug-likeness (QED) is 0.780. The van der Waals surface area contributed by atoms with Crippen molar-refractivity contribution < 1.29 is 14.6 Å². The number of aliphatic hydroxyl groups is 1. The zero-order valence-electron chi connectivity index (χ0n) is 11.3. The van der Waals surface area contributed by atoms with Crippen LogP contribution in [0.15, 0.2) is 0 Å². The predicted molar refractivity (Wildman–Crippen MR) is 69.8 cm³/mol. The Morgan fingerprint density at radius 3 is 3.00 bits per heavy atom. The van der Waals surface area contributed by atoms with Gasteiger partial charge in [0.25, 0.3) is 5.91 Å². The number of anilines is 1. The number of rotatable bonds is 3. The minimum Gasteiger partial charge on any atom is -0.395 e. The van der Waals surface area contributed by atoms with Crippen LogP contribution in [0.4, 0.5) is 5.69 Å². The van der Waals surface area contributed by atoms with Gasteiger partial charge in [-0.25, -0.2) is 0 Å². The van der Waals surface area contributed by atoms with Crippen LogP contribution >= 0.6 is 0 Å². The van der Waals surface area contributed by atoms with E-state index in [0.29, 0.717) is 43.4 Å². The van der Waals surface area contributed by atoms with E-state index in [1.807, 2.05) is 6.92 Å². The number of hydrogen-bond acceptors (Lipinski definition) is 5. The first-order valence-corrected chi connectivity index (χ1v) is 6.42. The van der Waals surface area contributed by atoms with Crippen molar-refractivity contribution in [1.29, 1.82) is 0 Å². The highest BCUT2D eigenvalue weighted by Gasteiger charge is 2.31. The van der Waals surface area contributed by atoms with E-state index >= 15 is 0 Å². The second-order valence-corrected chi connectivity index (χ2v) is 4.57. The van der Waals surface area contributed by atoms with Gasteiger partial charge in [0.1, 0.15) is 5.69 Å². The molecule has 1 aromatic rings. The first-order chi connectivity index (χ1) is 9.10. The van der Waals surface area contributed by atoms with Crippen molar-refractivity contribution in [3.63, 3.8) is 0 Å². The summed E-state index contributed by atoms with van der Waals surface area (Å²) in [6.45, 7) is 5.42. The Bertz CT molecular complexity index is 472. The van der Waals surface area contributed by atoms with E-state index in [1.54, 1.807) is 16.5 Å². The van der Waals surface area contributed by atoms with Gasteiger partial charge in [0.05, 0.1) is 37.2 Å². The smallest absolute Gasteiger partial charge is 0.274 e. The summed E-state index contributed by atoms with van der Waals surface area (Å²) >= 11 is 0. The molecule has 3 N–H and O–H groups in total. The minimum absolute atomic E-state index is 0.120. The van der Waals surface area contributed by atoms with Gasteiger partial charge in [-0.05, 0) is 13.8 Å². The average Bonchev–Trinajstić information content (AvgIpc) is 2.73. The molecule has 0 aliphatic carbocycles. The third-order valence-corrected chi connectivity index (χ3v) is 3.37. The Kier molecular flexibility index (Phi) is 4.06. The molecule has 0 aromatic carbocycles. The molecule has 7 heteroatoms. The van der Waals surface area contributed by atoms with Crippen LogP contribution in [0.1, 0.15) is 23.1 Å². The van der Waals surface area contributed by atoms with Crippen LogP contribution in [0, 0.1) is 6.92 Å². The molecule has 0 spiro atoms. The highest BCUT2D eigenvalue weighted by atomic mass is 16.5. The number of morpholine rings is 1. The Balaban J connectivity index is 2.32. The van der Waals surface area contributed by atoms with Crippen molar-refractivity contribution in [2.75, 3.05) is 32.1 Å². The minimum atomic E-state index is -0.318. The first kappa shape index (κ1) is 13.8. The van der Waals surface area contributed by atoms with Crippen LogP contribution in [0.3, 0.4) is 0 Å². The number of ether oxygens (including phenoxy) is 1. The molecule has 1 amide bonds. The fourth-order valence-electron chi connectivity index (χ4n) is 2.26. The van der Waals surface area contributed by atoms with E-state index in [2.05, 4.69) is 5.10 Å². The normalized spacial score (nSPS) is 19.7. The van der Waals surface area contributed by atoms with E-state index in [1.165, 1.54) is 0 Å². The molecule has 1 aliphatic heterocycles. The Labute approximate surface area is 111 Å². The van der Waals surface area contributed by atoms with Gasteiger partial charge in [-0.1, -0.05) is 0 Å². The summed E-state index contributed by atoms with van der Waals surface area (Å²) < 4.78 is 6.88. The SMILES string of the molecule is CCn1nc(C)c(N)c1C(=O)N1CCOCC1CO. The van der Waals surface area contributed by atoms with Crippen LogP contribution in [0.5, 0.6) is 0 Å². The standard InChI is InChI=1S/C12H20N4O3/c1-3-16-11(10(13)8(2)14-16)12(18)15-4-5-19-7-9(15)6-17/h9,17H,3-7,13H2,1-2H3. The molecule has 19 heavy (non-hydrogen) atoms. The lowest BCUT2D eigenvalue weighted by atomic mass is 10.2. The molecule has 0 bridgehead atoms. The molecule has 1 atom stereocenters. The van der Waals surface area contributed by atoms with Gasteiger partial charge in [0.15, 0.2) is 0 Å². The third-order valence-electron chi connectivity index (χ3n) is 3.37. The van der Waals surface area contributed by atoms with Crippen molar-refractivity contribution in [1.82, 2.24) is 14.7 Å². The third kappa shape index (κ3) is 2.43. The van der Waals surface area contributed by atoms with Gasteiger partial charge in [-0.3, -0.25) is 9.48 Å². The highest BCUT2D eigenvalue weighted by molar-refractivity contribution is 5.98. The van der Waals surface area contributed by atoms with Gasteiger partial charge in [-0.15, -0.1) is 0 Å². The van der Waals surface area contributed by atoms with Crippen molar-refractivity contribution in [2.45, 2.75) is 26.4 Å². The fourth-order valence-corrected chi connectivity index (χ4v) is 2.26. The van der Waals surface area contributed by atoms with E-state index in [9.17, 15) is 9.90 Å². The maximum atomic E-state index is 12.6. The summed E-state index contributed by atoms with van der Waals surface area (Å²) in [6, 6.07) is -0.318. The number of hydrogen-bond donors (Lipinski definition) is 2. The molecule has 1 fully saturated rings. The van der Waals surface area contributed by atoms with Gasteiger partial charge in [0.2, 0.25) is 0 Å². The number of aliphatic hydroxyl groups excluding tert-OH is 1. The summed E-state index contributed by atoms with van der Waals surface area (Å²) in [7, 11) is 0. The Morgan fingerprint density at radius 1 is 1.63 bits per heavy atom. The zero-order chi connectivity index (χ0) is 14.0. The van der Waals surface area contributed by atoms with E-state index in [0.717, 1.165) is 0 Å². The number of carbonyl (C=O) groups is 1. The monoisotopic (exact) mass is 268 g/mol. The molecule has 1 aromatic heterocycles. The predicted octanol–water partition coefficient (Wildman–Crippen LogP) is -0.373. The summed E-state index contributed by atoms with van der Waals surface area (Å²) in [4.78, 5) is 14.2. The number of carbonyl (C=O) groups excluding carboxylic acids is 1. The molecule has 2 rings (SSSR count). The molecule has 106 valence electrons. The second-order valence-electron chi connectivity index (χ2n) is 4.57. The van der Waals surface area contributed by atoms with E-state index in [-0.39, 0.29) is 18.6 Å². The summed E-state index contributed by atoms with van der Waals surface area (Å²) in [6.07, 6.45) is 0. The van der Waals surface area contributed by atoms with Crippen molar-refractivity contribution in [3.05, 3.63) is 11.4 Å². The Morgan fingerprint density at radius 2 is 2.37 bits per heavy atom. The first-order valence-electron chi connectivity index (χ1n) is 6.42. The fraction of sp³-hybridized carbons (Fsp3) is 0.667. The average molecular weight is 268 g/mol. The zero-order valence-corrected chi connectivity index (χ0v) is 11.3. The lowest BCUT2D eigenvalue weighted by Gasteiger charge is -2.34. The summed E-state index contributed by atoms with van der Waals surface area (Å²) in [5.41, 5.74) is 7.42. The van der Waals surface area contributed by atoms with Crippen molar-refractivity contribution in [3.8, 4) is 0 Å².